The molecule has 0 aliphatic heterocycles. The summed E-state index contributed by atoms with van der Waals surface area (Å²) in [6.45, 7) is 3.04. The molecule has 0 unspecified atom stereocenters. The lowest BCUT2D eigenvalue weighted by molar-refractivity contribution is -0.174. The van der Waals surface area contributed by atoms with Crippen molar-refractivity contribution < 1.29 is 33.3 Å². The van der Waals surface area contributed by atoms with Gasteiger partial charge in [0.1, 0.15) is 12.3 Å². The molecule has 2 aromatic heterocycles. The van der Waals surface area contributed by atoms with Gasteiger partial charge in [0.2, 0.25) is 0 Å². The van der Waals surface area contributed by atoms with E-state index in [-0.39, 0.29) is 22.9 Å². The molecular formula is C16H18N4O8. The molecule has 2 atom stereocenters. The molecule has 0 fully saturated rings. The van der Waals surface area contributed by atoms with E-state index in [1.165, 1.54) is 20.2 Å². The lowest BCUT2D eigenvalue weighted by Gasteiger charge is -2.25. The maximum atomic E-state index is 12.2. The Morgan fingerprint density at radius 3 is 2.32 bits per heavy atom. The Hall–Kier alpha value is -3.57. The van der Waals surface area contributed by atoms with E-state index in [4.69, 9.17) is 18.9 Å². The van der Waals surface area contributed by atoms with Crippen LogP contribution in [0.15, 0.2) is 11.0 Å². The summed E-state index contributed by atoms with van der Waals surface area (Å²) in [5.74, 6) is -2.04. The molecule has 0 radical (unpaired) electrons. The van der Waals surface area contributed by atoms with Gasteiger partial charge in [0, 0.05) is 20.8 Å². The van der Waals surface area contributed by atoms with Gasteiger partial charge in [-0.1, -0.05) is 0 Å². The molecule has 2 heterocycles. The van der Waals surface area contributed by atoms with Crippen LogP contribution in [0, 0.1) is 0 Å². The molecule has 0 bridgehead atoms. The van der Waals surface area contributed by atoms with Crippen LogP contribution in [0.2, 0.25) is 0 Å². The number of aromatic nitrogens is 4. The minimum Gasteiger partial charge on any atom is -0.468 e. The van der Waals surface area contributed by atoms with Gasteiger partial charge in [-0.15, -0.1) is 0 Å². The number of nitrogens with zero attached hydrogens (tertiary/aromatic N) is 3. The fraction of sp³-hybridized carbons (Fsp3) is 0.438. The zero-order valence-corrected chi connectivity index (χ0v) is 15.5. The van der Waals surface area contributed by atoms with E-state index in [1.807, 2.05) is 0 Å². The standard InChI is InChI=1S/C16H18N4O8/c1-7(21)26-6-11(27-8(2)22)13(28-9(3)23)10-5-17-14-12(18-10)15(24)20-16(19-14)25-4/h5,11,13H,6H2,1-4H3,(H,17,19,20,24)/t11-,13+/m0/s1. The van der Waals surface area contributed by atoms with Gasteiger partial charge in [0.25, 0.3) is 11.6 Å². The van der Waals surface area contributed by atoms with Crippen LogP contribution in [0.25, 0.3) is 11.2 Å². The topological polar surface area (TPSA) is 160 Å². The Kier molecular flexibility index (Phi) is 6.58. The van der Waals surface area contributed by atoms with E-state index >= 15 is 0 Å². The van der Waals surface area contributed by atoms with Crippen molar-refractivity contribution in [1.29, 1.82) is 0 Å². The van der Waals surface area contributed by atoms with Crippen LogP contribution < -0.4 is 10.3 Å². The fourth-order valence-electron chi connectivity index (χ4n) is 2.25. The third kappa shape index (κ3) is 5.22. The molecule has 0 aromatic carbocycles. The summed E-state index contributed by atoms with van der Waals surface area (Å²) < 4.78 is 20.1. The quantitative estimate of drug-likeness (QED) is 0.490. The first-order chi connectivity index (χ1) is 13.2. The average molecular weight is 394 g/mol. The highest BCUT2D eigenvalue weighted by Gasteiger charge is 2.32. The van der Waals surface area contributed by atoms with Crippen molar-refractivity contribution in [2.75, 3.05) is 13.7 Å². The smallest absolute Gasteiger partial charge is 0.303 e. The van der Waals surface area contributed by atoms with Gasteiger partial charge in [-0.05, 0) is 0 Å². The molecule has 28 heavy (non-hydrogen) atoms. The molecule has 0 aliphatic rings. The summed E-state index contributed by atoms with van der Waals surface area (Å²) in [5.41, 5.74) is -0.792. The lowest BCUT2D eigenvalue weighted by atomic mass is 10.1. The number of carbonyl (C=O) groups is 3. The number of rotatable bonds is 7. The van der Waals surface area contributed by atoms with Crippen molar-refractivity contribution in [2.45, 2.75) is 33.0 Å². The van der Waals surface area contributed by atoms with Gasteiger partial charge < -0.3 is 18.9 Å². The average Bonchev–Trinajstić information content (AvgIpc) is 2.62. The van der Waals surface area contributed by atoms with E-state index in [0.29, 0.717) is 0 Å². The van der Waals surface area contributed by atoms with E-state index < -0.39 is 42.3 Å². The number of fused-ring (bicyclic) bond motifs is 1. The van der Waals surface area contributed by atoms with Gasteiger partial charge in [-0.3, -0.25) is 24.2 Å². The van der Waals surface area contributed by atoms with Crippen LogP contribution in [-0.4, -0.2) is 57.7 Å². The van der Waals surface area contributed by atoms with E-state index in [0.717, 1.165) is 13.8 Å². The fourth-order valence-corrected chi connectivity index (χ4v) is 2.25. The number of hydrogen-bond acceptors (Lipinski definition) is 11. The first kappa shape index (κ1) is 20.7. The van der Waals surface area contributed by atoms with Crippen LogP contribution in [0.3, 0.4) is 0 Å². The number of nitrogens with one attached hydrogen (secondary N) is 1. The van der Waals surface area contributed by atoms with Gasteiger partial charge in [-0.2, -0.15) is 4.98 Å². The molecule has 0 aliphatic carbocycles. The molecule has 2 rings (SSSR count). The van der Waals surface area contributed by atoms with Gasteiger partial charge in [0.05, 0.1) is 13.3 Å². The van der Waals surface area contributed by atoms with Crippen LogP contribution in [0.5, 0.6) is 6.01 Å². The number of methoxy groups -OCH3 is 1. The van der Waals surface area contributed by atoms with E-state index in [1.54, 1.807) is 0 Å². The Bertz CT molecular complexity index is 957. The first-order valence-electron chi connectivity index (χ1n) is 8.00. The largest absolute Gasteiger partial charge is 0.468 e. The van der Waals surface area contributed by atoms with E-state index in [2.05, 4.69) is 19.9 Å². The monoisotopic (exact) mass is 394 g/mol. The van der Waals surface area contributed by atoms with Crippen molar-refractivity contribution in [3.63, 3.8) is 0 Å². The van der Waals surface area contributed by atoms with Crippen molar-refractivity contribution in [2.24, 2.45) is 0 Å². The first-order valence-corrected chi connectivity index (χ1v) is 8.00. The summed E-state index contributed by atoms with van der Waals surface area (Å²) in [6, 6.07) is -0.0521. The lowest BCUT2D eigenvalue weighted by Crippen LogP contribution is -2.33. The summed E-state index contributed by atoms with van der Waals surface area (Å²) in [7, 11) is 1.32. The molecule has 150 valence electrons. The van der Waals surface area contributed by atoms with Crippen LogP contribution in [-0.2, 0) is 28.6 Å². The molecular weight excluding hydrogens is 376 g/mol. The molecule has 2 aromatic rings. The second-order valence-corrected chi connectivity index (χ2v) is 5.52. The van der Waals surface area contributed by atoms with E-state index in [9.17, 15) is 19.2 Å². The highest BCUT2D eigenvalue weighted by molar-refractivity contribution is 5.70. The van der Waals surface area contributed by atoms with Gasteiger partial charge in [-0.25, -0.2) is 9.97 Å². The molecule has 0 amide bonds. The number of esters is 3. The molecule has 0 saturated carbocycles. The number of hydrogen-bond donors (Lipinski definition) is 1. The summed E-state index contributed by atoms with van der Waals surface area (Å²) in [5, 5.41) is 0. The maximum Gasteiger partial charge on any atom is 0.303 e. The predicted molar refractivity (Wildman–Crippen MR) is 91.2 cm³/mol. The number of carbonyl (C=O) groups excluding carboxylic acids is 3. The van der Waals surface area contributed by atoms with Gasteiger partial charge >= 0.3 is 17.9 Å². The normalized spacial score (nSPS) is 12.7. The molecule has 12 nitrogen and oxygen atoms in total. The minimum absolute atomic E-state index is 0.00133. The Morgan fingerprint density at radius 2 is 1.75 bits per heavy atom. The Balaban J connectivity index is 2.51. The number of ether oxygens (including phenoxy) is 4. The van der Waals surface area contributed by atoms with Crippen LogP contribution in [0.1, 0.15) is 32.6 Å². The SMILES string of the molecule is COc1nc2ncc([C@@H](OC(C)=O)[C@H](COC(C)=O)OC(C)=O)nc2c(=O)[nH]1. The third-order valence-electron chi connectivity index (χ3n) is 3.30. The van der Waals surface area contributed by atoms with Crippen molar-refractivity contribution in [3.8, 4) is 6.01 Å². The highest BCUT2D eigenvalue weighted by Crippen LogP contribution is 2.24. The van der Waals surface area contributed by atoms with Crippen LogP contribution in [0.4, 0.5) is 0 Å². The number of aromatic amines is 1. The summed E-state index contributed by atoms with van der Waals surface area (Å²) in [4.78, 5) is 60.8. The van der Waals surface area contributed by atoms with Crippen molar-refractivity contribution in [3.05, 3.63) is 22.2 Å². The zero-order valence-electron chi connectivity index (χ0n) is 15.5. The Labute approximate surface area is 158 Å². The van der Waals surface area contributed by atoms with Gasteiger partial charge in [0.15, 0.2) is 23.4 Å². The maximum absolute atomic E-state index is 12.2. The molecule has 1 N–H and O–H groups in total. The second kappa shape index (κ2) is 8.88. The summed E-state index contributed by atoms with van der Waals surface area (Å²) >= 11 is 0. The highest BCUT2D eigenvalue weighted by atomic mass is 16.6. The number of H-pyrrole nitrogens is 1. The minimum atomic E-state index is -1.28. The van der Waals surface area contributed by atoms with Crippen molar-refractivity contribution in [1.82, 2.24) is 19.9 Å². The molecule has 0 saturated heterocycles. The Morgan fingerprint density at radius 1 is 1.07 bits per heavy atom. The summed E-state index contributed by atoms with van der Waals surface area (Å²) in [6.07, 6.45) is -1.28. The predicted octanol–water partition coefficient (Wildman–Crippen LogP) is -0.179. The second-order valence-electron chi connectivity index (χ2n) is 5.52. The zero-order chi connectivity index (χ0) is 20.8. The molecule has 12 heteroatoms. The van der Waals surface area contributed by atoms with Crippen molar-refractivity contribution >= 4 is 29.1 Å². The van der Waals surface area contributed by atoms with Crippen LogP contribution >= 0.6 is 0 Å². The third-order valence-corrected chi connectivity index (χ3v) is 3.30. The molecule has 0 spiro atoms.